The van der Waals surface area contributed by atoms with Crippen molar-refractivity contribution in [1.29, 1.82) is 5.41 Å². The van der Waals surface area contributed by atoms with Gasteiger partial charge in [-0.05, 0) is 30.7 Å². The number of nitrogens with two attached hydrogens (primary N) is 1. The topological polar surface area (TPSA) is 88.9 Å². The highest BCUT2D eigenvalue weighted by atomic mass is 35.5. The molecule has 0 saturated heterocycles. The van der Waals surface area contributed by atoms with Crippen LogP contribution in [0.5, 0.6) is 0 Å². The minimum atomic E-state index is -0.511. The van der Waals surface area contributed by atoms with E-state index in [1.807, 2.05) is 6.07 Å². The third-order valence-electron chi connectivity index (χ3n) is 3.05. The maximum Gasteiger partial charge on any atom is 0.248 e. The summed E-state index contributed by atoms with van der Waals surface area (Å²) in [6.07, 6.45) is 1.58. The molecule has 0 atom stereocenters. The third kappa shape index (κ3) is 3.38. The highest BCUT2D eigenvalue weighted by Crippen LogP contribution is 2.11. The van der Waals surface area contributed by atoms with Crippen LogP contribution in [0.1, 0.15) is 33.2 Å². The van der Waals surface area contributed by atoms with Crippen molar-refractivity contribution < 1.29 is 9.59 Å². The molecule has 1 aromatic heterocycles. The number of benzene rings is 1. The monoisotopic (exact) mass is 303 g/mol. The summed E-state index contributed by atoms with van der Waals surface area (Å²) in [5, 5.41) is 8.43. The predicted octanol–water partition coefficient (Wildman–Crippen LogP) is 1.97. The van der Waals surface area contributed by atoms with Crippen LogP contribution in [-0.4, -0.2) is 16.3 Å². The summed E-state index contributed by atoms with van der Waals surface area (Å²) in [7, 11) is 0. The average Bonchev–Trinajstić information content (AvgIpc) is 2.42. The molecule has 1 aromatic carbocycles. The number of halogens is 1. The number of nitrogens with one attached hydrogen (secondary N) is 1. The number of carbonyl (C=O) groups excluding carboxylic acids is 2. The fourth-order valence-corrected chi connectivity index (χ4v) is 2.25. The standard InChI is InChI=1S/C15H14ClN3O2/c1-9(20)13-6-12(16)8-19(14(13)17)7-10-3-2-4-11(5-10)15(18)21/h2-6,8,17H,7H2,1H3,(H2,18,21). The molecule has 0 bridgehead atoms. The van der Waals surface area contributed by atoms with Crippen molar-refractivity contribution in [3.63, 3.8) is 0 Å². The van der Waals surface area contributed by atoms with Gasteiger partial charge in [-0.3, -0.25) is 15.0 Å². The number of carbonyl (C=O) groups is 2. The van der Waals surface area contributed by atoms with E-state index in [1.54, 1.807) is 29.0 Å². The number of pyridine rings is 1. The lowest BCUT2D eigenvalue weighted by Crippen LogP contribution is -2.26. The summed E-state index contributed by atoms with van der Waals surface area (Å²) in [4.78, 5) is 22.7. The molecule has 0 aliphatic heterocycles. The fraction of sp³-hybridized carbons (Fsp3) is 0.133. The first-order valence-electron chi connectivity index (χ1n) is 6.22. The van der Waals surface area contributed by atoms with Gasteiger partial charge in [0.15, 0.2) is 5.78 Å². The van der Waals surface area contributed by atoms with E-state index in [1.165, 1.54) is 13.0 Å². The number of amides is 1. The molecule has 0 aliphatic rings. The molecule has 1 amide bonds. The number of hydrogen-bond acceptors (Lipinski definition) is 3. The SMILES string of the molecule is CC(=O)c1cc(Cl)cn(Cc2cccc(C(N)=O)c2)c1=N. The molecule has 0 spiro atoms. The Morgan fingerprint density at radius 3 is 2.67 bits per heavy atom. The largest absolute Gasteiger partial charge is 0.366 e. The Labute approximate surface area is 126 Å². The molecule has 108 valence electrons. The van der Waals surface area contributed by atoms with Gasteiger partial charge in [0.2, 0.25) is 5.91 Å². The number of hydrogen-bond donors (Lipinski definition) is 2. The number of Topliss-reactive ketones (excluding diaryl/α,β-unsaturated/α-hetero) is 1. The van der Waals surface area contributed by atoms with Gasteiger partial charge >= 0.3 is 0 Å². The molecular formula is C15H14ClN3O2. The van der Waals surface area contributed by atoms with Crippen molar-refractivity contribution >= 4 is 23.3 Å². The predicted molar refractivity (Wildman–Crippen MR) is 79.4 cm³/mol. The van der Waals surface area contributed by atoms with Gasteiger partial charge in [-0.15, -0.1) is 0 Å². The molecule has 2 aromatic rings. The lowest BCUT2D eigenvalue weighted by atomic mass is 10.1. The van der Waals surface area contributed by atoms with Crippen LogP contribution >= 0.6 is 11.6 Å². The minimum Gasteiger partial charge on any atom is -0.366 e. The lowest BCUT2D eigenvalue weighted by Gasteiger charge is -2.10. The Kier molecular flexibility index (Phi) is 4.23. The summed E-state index contributed by atoms with van der Waals surface area (Å²) in [5.41, 5.74) is 6.77. The third-order valence-corrected chi connectivity index (χ3v) is 3.25. The van der Waals surface area contributed by atoms with Crippen molar-refractivity contribution in [3.8, 4) is 0 Å². The van der Waals surface area contributed by atoms with E-state index < -0.39 is 5.91 Å². The van der Waals surface area contributed by atoms with Crippen LogP contribution in [0.15, 0.2) is 36.5 Å². The van der Waals surface area contributed by atoms with Gasteiger partial charge in [-0.1, -0.05) is 23.7 Å². The first kappa shape index (κ1) is 15.0. The van der Waals surface area contributed by atoms with Crippen molar-refractivity contribution in [2.75, 3.05) is 0 Å². The fourth-order valence-electron chi connectivity index (χ4n) is 2.02. The smallest absolute Gasteiger partial charge is 0.248 e. The number of rotatable bonds is 4. The number of primary amides is 1. The summed E-state index contributed by atoms with van der Waals surface area (Å²) in [5.74, 6) is -0.731. The van der Waals surface area contributed by atoms with Crippen LogP contribution in [0.4, 0.5) is 0 Å². The molecule has 5 nitrogen and oxygen atoms in total. The Bertz CT molecular complexity index is 781. The maximum absolute atomic E-state index is 11.5. The Hall–Kier alpha value is -2.40. The second-order valence-corrected chi connectivity index (χ2v) is 5.11. The van der Waals surface area contributed by atoms with Crippen LogP contribution in [0.25, 0.3) is 0 Å². The summed E-state index contributed by atoms with van der Waals surface area (Å²) in [6.45, 7) is 1.71. The molecule has 0 radical (unpaired) electrons. The zero-order chi connectivity index (χ0) is 15.6. The van der Waals surface area contributed by atoms with Gasteiger partial charge in [0.25, 0.3) is 0 Å². The zero-order valence-electron chi connectivity index (χ0n) is 11.4. The maximum atomic E-state index is 11.5. The summed E-state index contributed by atoms with van der Waals surface area (Å²) in [6, 6.07) is 8.28. The van der Waals surface area contributed by atoms with Gasteiger partial charge in [0, 0.05) is 18.3 Å². The van der Waals surface area contributed by atoms with Crippen molar-refractivity contribution in [3.05, 3.63) is 63.7 Å². The second-order valence-electron chi connectivity index (χ2n) is 4.67. The quantitative estimate of drug-likeness (QED) is 0.846. The first-order chi connectivity index (χ1) is 9.88. The lowest BCUT2D eigenvalue weighted by molar-refractivity contribution is 0.0995. The van der Waals surface area contributed by atoms with E-state index in [4.69, 9.17) is 22.7 Å². The number of aromatic nitrogens is 1. The van der Waals surface area contributed by atoms with E-state index >= 15 is 0 Å². The van der Waals surface area contributed by atoms with Crippen molar-refractivity contribution in [2.45, 2.75) is 13.5 Å². The van der Waals surface area contributed by atoms with Crippen molar-refractivity contribution in [2.24, 2.45) is 5.73 Å². The molecule has 3 N–H and O–H groups in total. The Morgan fingerprint density at radius 1 is 1.33 bits per heavy atom. The summed E-state index contributed by atoms with van der Waals surface area (Å²) >= 11 is 5.98. The molecular weight excluding hydrogens is 290 g/mol. The molecule has 0 fully saturated rings. The van der Waals surface area contributed by atoms with Crippen LogP contribution < -0.4 is 11.2 Å². The van der Waals surface area contributed by atoms with Gasteiger partial charge < -0.3 is 10.3 Å². The van der Waals surface area contributed by atoms with E-state index in [-0.39, 0.29) is 16.8 Å². The van der Waals surface area contributed by atoms with Crippen LogP contribution in [0.3, 0.4) is 0 Å². The van der Waals surface area contributed by atoms with Crippen molar-refractivity contribution in [1.82, 2.24) is 4.57 Å². The molecule has 6 heteroatoms. The molecule has 2 rings (SSSR count). The van der Waals surface area contributed by atoms with E-state index in [2.05, 4.69) is 0 Å². The average molecular weight is 304 g/mol. The van der Waals surface area contributed by atoms with Crippen LogP contribution in [0, 0.1) is 5.41 Å². The second kappa shape index (κ2) is 5.93. The first-order valence-corrected chi connectivity index (χ1v) is 6.60. The Morgan fingerprint density at radius 2 is 2.05 bits per heavy atom. The van der Waals surface area contributed by atoms with E-state index in [9.17, 15) is 9.59 Å². The molecule has 0 unspecified atom stereocenters. The van der Waals surface area contributed by atoms with Gasteiger partial charge in [-0.25, -0.2) is 0 Å². The zero-order valence-corrected chi connectivity index (χ0v) is 12.1. The van der Waals surface area contributed by atoms with Crippen LogP contribution in [0.2, 0.25) is 5.02 Å². The van der Waals surface area contributed by atoms with Gasteiger partial charge in [0.05, 0.1) is 10.6 Å². The van der Waals surface area contributed by atoms with Gasteiger partial charge in [0.1, 0.15) is 5.49 Å². The molecule has 1 heterocycles. The molecule has 0 aliphatic carbocycles. The highest BCUT2D eigenvalue weighted by Gasteiger charge is 2.08. The normalized spacial score (nSPS) is 10.4. The van der Waals surface area contributed by atoms with E-state index in [0.29, 0.717) is 17.1 Å². The minimum absolute atomic E-state index is 0.0800. The molecule has 21 heavy (non-hydrogen) atoms. The van der Waals surface area contributed by atoms with Gasteiger partial charge in [-0.2, -0.15) is 0 Å². The van der Waals surface area contributed by atoms with E-state index in [0.717, 1.165) is 5.56 Å². The molecule has 0 saturated carbocycles. The summed E-state index contributed by atoms with van der Waals surface area (Å²) < 4.78 is 1.55. The van der Waals surface area contributed by atoms with Crippen LogP contribution in [-0.2, 0) is 6.54 Å². The Balaban J connectivity index is 2.45. The number of ketones is 1. The number of nitrogens with zero attached hydrogens (tertiary/aromatic N) is 1. The highest BCUT2D eigenvalue weighted by molar-refractivity contribution is 6.30.